The lowest BCUT2D eigenvalue weighted by atomic mass is 10.1. The number of halogens is 2. The molecule has 1 aromatic carbocycles. The largest absolute Gasteiger partial charge is 0.337 e. The Morgan fingerprint density at radius 2 is 2.09 bits per heavy atom. The summed E-state index contributed by atoms with van der Waals surface area (Å²) >= 11 is 0. The average molecular weight is 342 g/mol. The van der Waals surface area contributed by atoms with E-state index in [-0.39, 0.29) is 17.6 Å². The van der Waals surface area contributed by atoms with Crippen LogP contribution in [-0.2, 0) is 22.1 Å². The normalized spacial score (nSPS) is 13.6. The second-order valence-corrected chi connectivity index (χ2v) is 6.32. The maximum absolute atomic E-state index is 13.3. The van der Waals surface area contributed by atoms with Crippen molar-refractivity contribution in [1.82, 2.24) is 19.7 Å². The highest BCUT2D eigenvalue weighted by atomic mass is 32.2. The number of carbonyl (C=O) groups excluding carboxylic acids is 1. The van der Waals surface area contributed by atoms with E-state index in [2.05, 4.69) is 10.2 Å². The maximum Gasteiger partial charge on any atom is 0.242 e. The van der Waals surface area contributed by atoms with Crippen LogP contribution in [0.3, 0.4) is 0 Å². The highest BCUT2D eigenvalue weighted by molar-refractivity contribution is 7.84. The van der Waals surface area contributed by atoms with Gasteiger partial charge in [0.2, 0.25) is 11.1 Å². The van der Waals surface area contributed by atoms with Gasteiger partial charge in [0, 0.05) is 13.3 Å². The highest BCUT2D eigenvalue weighted by Gasteiger charge is 2.20. The zero-order valence-corrected chi connectivity index (χ0v) is 13.7. The van der Waals surface area contributed by atoms with Crippen molar-refractivity contribution in [2.24, 2.45) is 0 Å². The van der Waals surface area contributed by atoms with Crippen LogP contribution < -0.4 is 0 Å². The second kappa shape index (κ2) is 6.95. The summed E-state index contributed by atoms with van der Waals surface area (Å²) in [6.07, 6.45) is 2.77. The number of carbonyl (C=O) groups is 1. The number of aromatic nitrogens is 3. The Bertz CT molecular complexity index is 750. The standard InChI is InChI=1S/C14H16F2N4O2S/c1-9(10-4-5-11(15)12(16)6-10)19(2)13(21)7-20-8-17-18-14(20)23(3)22/h4-6,8-9H,7H2,1-3H3. The first-order valence-corrected chi connectivity index (χ1v) is 8.29. The topological polar surface area (TPSA) is 68.1 Å². The number of likely N-dealkylation sites (N-methyl/N-ethyl adjacent to an activating group) is 1. The van der Waals surface area contributed by atoms with Crippen molar-refractivity contribution in [3.63, 3.8) is 0 Å². The molecule has 0 aliphatic rings. The summed E-state index contributed by atoms with van der Waals surface area (Å²) in [5, 5.41) is 7.54. The molecule has 0 fully saturated rings. The van der Waals surface area contributed by atoms with Gasteiger partial charge in [-0.2, -0.15) is 0 Å². The molecular weight excluding hydrogens is 326 g/mol. The van der Waals surface area contributed by atoms with Crippen molar-refractivity contribution >= 4 is 16.7 Å². The van der Waals surface area contributed by atoms with Gasteiger partial charge in [-0.1, -0.05) is 6.07 Å². The maximum atomic E-state index is 13.3. The third-order valence-corrected chi connectivity index (χ3v) is 4.37. The predicted octanol–water partition coefficient (Wildman–Crippen LogP) is 1.51. The van der Waals surface area contributed by atoms with Gasteiger partial charge in [0.15, 0.2) is 11.6 Å². The molecule has 0 radical (unpaired) electrons. The number of rotatable bonds is 5. The molecule has 0 N–H and O–H groups in total. The zero-order chi connectivity index (χ0) is 17.1. The summed E-state index contributed by atoms with van der Waals surface area (Å²) in [6, 6.07) is 3.06. The average Bonchev–Trinajstić information content (AvgIpc) is 2.96. The van der Waals surface area contributed by atoms with Gasteiger partial charge in [0.1, 0.15) is 12.9 Å². The fourth-order valence-electron chi connectivity index (χ4n) is 2.04. The van der Waals surface area contributed by atoms with E-state index in [0.717, 1.165) is 12.1 Å². The van der Waals surface area contributed by atoms with Crippen LogP contribution in [0.2, 0.25) is 0 Å². The number of nitrogens with zero attached hydrogens (tertiary/aromatic N) is 4. The van der Waals surface area contributed by atoms with Crippen molar-refractivity contribution in [3.8, 4) is 0 Å². The molecule has 1 aromatic heterocycles. The molecule has 9 heteroatoms. The van der Waals surface area contributed by atoms with E-state index in [4.69, 9.17) is 0 Å². The van der Waals surface area contributed by atoms with Gasteiger partial charge in [-0.3, -0.25) is 13.6 Å². The van der Waals surface area contributed by atoms with Crippen LogP contribution in [0.4, 0.5) is 8.78 Å². The van der Waals surface area contributed by atoms with Crippen molar-refractivity contribution in [2.45, 2.75) is 24.7 Å². The van der Waals surface area contributed by atoms with E-state index in [0.29, 0.717) is 5.56 Å². The van der Waals surface area contributed by atoms with E-state index < -0.39 is 28.5 Å². The first-order chi connectivity index (χ1) is 10.8. The Morgan fingerprint density at radius 1 is 1.39 bits per heavy atom. The summed E-state index contributed by atoms with van der Waals surface area (Å²) in [5.41, 5.74) is 0.475. The fourth-order valence-corrected chi connectivity index (χ4v) is 2.65. The van der Waals surface area contributed by atoms with E-state index in [1.54, 1.807) is 14.0 Å². The van der Waals surface area contributed by atoms with Gasteiger partial charge in [-0.05, 0) is 24.6 Å². The first-order valence-electron chi connectivity index (χ1n) is 6.73. The Hall–Kier alpha value is -2.16. The van der Waals surface area contributed by atoms with Crippen LogP contribution in [0.5, 0.6) is 0 Å². The summed E-state index contributed by atoms with van der Waals surface area (Å²) < 4.78 is 39.2. The highest BCUT2D eigenvalue weighted by Crippen LogP contribution is 2.21. The van der Waals surface area contributed by atoms with Gasteiger partial charge in [-0.15, -0.1) is 10.2 Å². The number of hydrogen-bond donors (Lipinski definition) is 0. The molecule has 0 aliphatic carbocycles. The Labute approximate surface area is 134 Å². The van der Waals surface area contributed by atoms with E-state index in [1.807, 2.05) is 0 Å². The second-order valence-electron chi connectivity index (χ2n) is 5.05. The Morgan fingerprint density at radius 3 is 2.70 bits per heavy atom. The lowest BCUT2D eigenvalue weighted by molar-refractivity contribution is -0.132. The number of amides is 1. The van der Waals surface area contributed by atoms with E-state index >= 15 is 0 Å². The minimum Gasteiger partial charge on any atom is -0.337 e. The fraction of sp³-hybridized carbons (Fsp3) is 0.357. The molecule has 2 rings (SSSR count). The summed E-state index contributed by atoms with van der Waals surface area (Å²) in [5.74, 6) is -2.19. The van der Waals surface area contributed by atoms with E-state index in [1.165, 1.54) is 28.1 Å². The summed E-state index contributed by atoms with van der Waals surface area (Å²) in [6.45, 7) is 1.61. The number of benzene rings is 1. The molecule has 124 valence electrons. The van der Waals surface area contributed by atoms with Gasteiger partial charge in [-0.25, -0.2) is 8.78 Å². The van der Waals surface area contributed by atoms with Crippen LogP contribution in [0.15, 0.2) is 29.7 Å². The minimum atomic E-state index is -1.36. The molecular formula is C14H16F2N4O2S. The lowest BCUT2D eigenvalue weighted by Gasteiger charge is -2.25. The number of hydrogen-bond acceptors (Lipinski definition) is 4. The predicted molar refractivity (Wildman–Crippen MR) is 79.9 cm³/mol. The lowest BCUT2D eigenvalue weighted by Crippen LogP contribution is -2.33. The smallest absolute Gasteiger partial charge is 0.242 e. The van der Waals surface area contributed by atoms with Crippen molar-refractivity contribution < 1.29 is 17.8 Å². The molecule has 0 saturated heterocycles. The third-order valence-electron chi connectivity index (χ3n) is 3.54. The molecule has 6 nitrogen and oxygen atoms in total. The summed E-state index contributed by atoms with van der Waals surface area (Å²) in [4.78, 5) is 13.7. The van der Waals surface area contributed by atoms with Gasteiger partial charge in [0.05, 0.1) is 16.8 Å². The van der Waals surface area contributed by atoms with Gasteiger partial charge < -0.3 is 4.90 Å². The molecule has 1 amide bonds. The quantitative estimate of drug-likeness (QED) is 0.826. The Kier molecular flexibility index (Phi) is 5.19. The molecule has 2 atom stereocenters. The van der Waals surface area contributed by atoms with Crippen molar-refractivity contribution in [3.05, 3.63) is 41.7 Å². The zero-order valence-electron chi connectivity index (χ0n) is 12.9. The molecule has 23 heavy (non-hydrogen) atoms. The monoisotopic (exact) mass is 342 g/mol. The molecule has 0 spiro atoms. The molecule has 0 bridgehead atoms. The van der Waals surface area contributed by atoms with Crippen LogP contribution in [0.25, 0.3) is 0 Å². The molecule has 0 aliphatic heterocycles. The van der Waals surface area contributed by atoms with Gasteiger partial charge >= 0.3 is 0 Å². The molecule has 1 heterocycles. The van der Waals surface area contributed by atoms with Crippen LogP contribution >= 0.6 is 0 Å². The van der Waals surface area contributed by atoms with Gasteiger partial charge in [0.25, 0.3) is 0 Å². The van der Waals surface area contributed by atoms with Crippen LogP contribution in [0, 0.1) is 11.6 Å². The van der Waals surface area contributed by atoms with Crippen LogP contribution in [-0.4, -0.2) is 43.1 Å². The summed E-state index contributed by atoms with van der Waals surface area (Å²) in [7, 11) is 0.193. The first kappa shape index (κ1) is 17.2. The van der Waals surface area contributed by atoms with Crippen LogP contribution in [0.1, 0.15) is 18.5 Å². The Balaban J connectivity index is 2.13. The van der Waals surface area contributed by atoms with Crippen molar-refractivity contribution in [2.75, 3.05) is 13.3 Å². The third kappa shape index (κ3) is 3.79. The molecule has 2 aromatic rings. The van der Waals surface area contributed by atoms with Crippen molar-refractivity contribution in [1.29, 1.82) is 0 Å². The van der Waals surface area contributed by atoms with E-state index in [9.17, 15) is 17.8 Å². The molecule has 2 unspecified atom stereocenters. The molecule has 0 saturated carbocycles. The minimum absolute atomic E-state index is 0.0908. The SMILES string of the molecule is CC(c1ccc(F)c(F)c1)N(C)C(=O)Cn1cnnc1S(C)=O.